The molecular formula is C10H16O3. The maximum atomic E-state index is 11.1. The van der Waals surface area contributed by atoms with E-state index in [-0.39, 0.29) is 11.6 Å². The first-order chi connectivity index (χ1) is 6.03. The van der Waals surface area contributed by atoms with Gasteiger partial charge < -0.3 is 9.47 Å². The molecule has 0 aromatic heterocycles. The van der Waals surface area contributed by atoms with Crippen molar-refractivity contribution in [3.05, 3.63) is 11.6 Å². The van der Waals surface area contributed by atoms with Gasteiger partial charge in [-0.05, 0) is 32.8 Å². The Morgan fingerprint density at radius 3 is 2.85 bits per heavy atom. The molecule has 0 saturated carbocycles. The van der Waals surface area contributed by atoms with Crippen LogP contribution in [0.2, 0.25) is 0 Å². The monoisotopic (exact) mass is 184 g/mol. The lowest BCUT2D eigenvalue weighted by atomic mass is 10.0. The van der Waals surface area contributed by atoms with Crippen molar-refractivity contribution in [2.45, 2.75) is 32.8 Å². The lowest BCUT2D eigenvalue weighted by Crippen LogP contribution is -2.16. The molecule has 0 radical (unpaired) electrons. The Balaban J connectivity index is 2.50. The van der Waals surface area contributed by atoms with Gasteiger partial charge in [-0.2, -0.15) is 0 Å². The first-order valence-corrected chi connectivity index (χ1v) is 4.53. The molecule has 0 N–H and O–H groups in total. The quantitative estimate of drug-likeness (QED) is 0.484. The highest BCUT2D eigenvalue weighted by molar-refractivity contribution is 5.82. The molecule has 0 spiro atoms. The average molecular weight is 184 g/mol. The van der Waals surface area contributed by atoms with E-state index in [9.17, 15) is 4.79 Å². The largest absolute Gasteiger partial charge is 0.463 e. The Labute approximate surface area is 78.7 Å². The Bertz CT molecular complexity index is 228. The summed E-state index contributed by atoms with van der Waals surface area (Å²) in [6, 6.07) is 0. The molecule has 0 unspecified atom stereocenters. The Morgan fingerprint density at radius 2 is 2.38 bits per heavy atom. The zero-order chi connectivity index (χ0) is 9.90. The molecule has 0 aliphatic carbocycles. The number of hydrogen-bond acceptors (Lipinski definition) is 3. The summed E-state index contributed by atoms with van der Waals surface area (Å²) in [5, 5.41) is 0. The number of carbonyl (C=O) groups excluding carboxylic acids is 1. The van der Waals surface area contributed by atoms with Crippen LogP contribution in [-0.2, 0) is 14.3 Å². The number of esters is 1. The van der Waals surface area contributed by atoms with Crippen LogP contribution in [0.3, 0.4) is 0 Å². The molecule has 0 bridgehead atoms. The SMILES string of the molecule is CCOC(=O)/C=C1/COC(C)(C)C1. The van der Waals surface area contributed by atoms with Crippen molar-refractivity contribution < 1.29 is 14.3 Å². The van der Waals surface area contributed by atoms with Crippen molar-refractivity contribution in [3.8, 4) is 0 Å². The lowest BCUT2D eigenvalue weighted by Gasteiger charge is -2.14. The van der Waals surface area contributed by atoms with Gasteiger partial charge >= 0.3 is 5.97 Å². The number of hydrogen-bond donors (Lipinski definition) is 0. The van der Waals surface area contributed by atoms with E-state index in [0.29, 0.717) is 13.2 Å². The van der Waals surface area contributed by atoms with Crippen LogP contribution < -0.4 is 0 Å². The predicted octanol–water partition coefficient (Wildman–Crippen LogP) is 1.67. The number of ether oxygens (including phenoxy) is 2. The fourth-order valence-corrected chi connectivity index (χ4v) is 1.38. The summed E-state index contributed by atoms with van der Waals surface area (Å²) < 4.78 is 10.3. The summed E-state index contributed by atoms with van der Waals surface area (Å²) in [5.41, 5.74) is 0.890. The number of rotatable bonds is 2. The van der Waals surface area contributed by atoms with Crippen LogP contribution in [0.5, 0.6) is 0 Å². The second-order valence-corrected chi connectivity index (χ2v) is 3.78. The molecule has 0 aromatic rings. The molecule has 1 fully saturated rings. The molecule has 1 heterocycles. The van der Waals surface area contributed by atoms with E-state index in [1.807, 2.05) is 13.8 Å². The maximum Gasteiger partial charge on any atom is 0.330 e. The lowest BCUT2D eigenvalue weighted by molar-refractivity contribution is -0.137. The molecule has 1 saturated heterocycles. The standard InChI is InChI=1S/C10H16O3/c1-4-12-9(11)5-8-6-10(2,3)13-7-8/h5H,4,6-7H2,1-3H3/b8-5+. The van der Waals surface area contributed by atoms with E-state index in [1.54, 1.807) is 6.92 Å². The van der Waals surface area contributed by atoms with E-state index >= 15 is 0 Å². The minimum atomic E-state index is -0.265. The molecule has 1 rings (SSSR count). The molecule has 0 aromatic carbocycles. The predicted molar refractivity (Wildman–Crippen MR) is 49.4 cm³/mol. The first kappa shape index (κ1) is 10.3. The van der Waals surface area contributed by atoms with Gasteiger partial charge in [0.1, 0.15) is 0 Å². The molecule has 74 valence electrons. The van der Waals surface area contributed by atoms with E-state index in [4.69, 9.17) is 9.47 Å². The van der Waals surface area contributed by atoms with E-state index < -0.39 is 0 Å². The van der Waals surface area contributed by atoms with Crippen molar-refractivity contribution in [2.75, 3.05) is 13.2 Å². The van der Waals surface area contributed by atoms with Crippen molar-refractivity contribution in [1.29, 1.82) is 0 Å². The van der Waals surface area contributed by atoms with E-state index in [0.717, 1.165) is 12.0 Å². The molecule has 0 atom stereocenters. The highest BCUT2D eigenvalue weighted by Gasteiger charge is 2.27. The van der Waals surface area contributed by atoms with Crippen LogP contribution in [0, 0.1) is 0 Å². The van der Waals surface area contributed by atoms with Gasteiger partial charge in [0, 0.05) is 6.08 Å². The third-order valence-electron chi connectivity index (χ3n) is 1.91. The summed E-state index contributed by atoms with van der Waals surface area (Å²) in [6.45, 7) is 6.79. The fourth-order valence-electron chi connectivity index (χ4n) is 1.38. The summed E-state index contributed by atoms with van der Waals surface area (Å²) in [6.07, 6.45) is 2.35. The Kier molecular flexibility index (Phi) is 3.09. The summed E-state index contributed by atoms with van der Waals surface area (Å²) in [7, 11) is 0. The second kappa shape index (κ2) is 3.92. The molecule has 1 aliphatic rings. The molecule has 0 amide bonds. The molecule has 3 heteroatoms. The van der Waals surface area contributed by atoms with Gasteiger partial charge in [0.2, 0.25) is 0 Å². The minimum Gasteiger partial charge on any atom is -0.463 e. The summed E-state index contributed by atoms with van der Waals surface area (Å²) in [4.78, 5) is 11.1. The van der Waals surface area contributed by atoms with Crippen LogP contribution in [0.25, 0.3) is 0 Å². The zero-order valence-electron chi connectivity index (χ0n) is 8.42. The molecular weight excluding hydrogens is 168 g/mol. The van der Waals surface area contributed by atoms with Crippen LogP contribution in [0.4, 0.5) is 0 Å². The van der Waals surface area contributed by atoms with Gasteiger partial charge in [0.15, 0.2) is 0 Å². The third kappa shape index (κ3) is 3.19. The fraction of sp³-hybridized carbons (Fsp3) is 0.700. The van der Waals surface area contributed by atoms with Gasteiger partial charge in [-0.1, -0.05) is 0 Å². The Hall–Kier alpha value is -0.830. The van der Waals surface area contributed by atoms with Crippen molar-refractivity contribution in [3.63, 3.8) is 0 Å². The van der Waals surface area contributed by atoms with Gasteiger partial charge in [0.05, 0.1) is 18.8 Å². The summed E-state index contributed by atoms with van der Waals surface area (Å²) >= 11 is 0. The molecule has 13 heavy (non-hydrogen) atoms. The van der Waals surface area contributed by atoms with E-state index in [2.05, 4.69) is 0 Å². The highest BCUT2D eigenvalue weighted by Crippen LogP contribution is 2.28. The van der Waals surface area contributed by atoms with Crippen molar-refractivity contribution in [2.24, 2.45) is 0 Å². The first-order valence-electron chi connectivity index (χ1n) is 4.53. The van der Waals surface area contributed by atoms with Gasteiger partial charge in [0.25, 0.3) is 0 Å². The summed E-state index contributed by atoms with van der Waals surface area (Å²) in [5.74, 6) is -0.265. The molecule has 1 aliphatic heterocycles. The minimum absolute atomic E-state index is 0.127. The van der Waals surface area contributed by atoms with Crippen LogP contribution in [-0.4, -0.2) is 24.8 Å². The van der Waals surface area contributed by atoms with E-state index in [1.165, 1.54) is 6.08 Å². The van der Waals surface area contributed by atoms with Gasteiger partial charge in [-0.3, -0.25) is 0 Å². The average Bonchev–Trinajstić information content (AvgIpc) is 2.30. The number of carbonyl (C=O) groups is 1. The van der Waals surface area contributed by atoms with Crippen LogP contribution in [0.1, 0.15) is 27.2 Å². The van der Waals surface area contributed by atoms with Crippen LogP contribution >= 0.6 is 0 Å². The third-order valence-corrected chi connectivity index (χ3v) is 1.91. The molecule has 3 nitrogen and oxygen atoms in total. The maximum absolute atomic E-state index is 11.1. The van der Waals surface area contributed by atoms with Gasteiger partial charge in [-0.15, -0.1) is 0 Å². The topological polar surface area (TPSA) is 35.5 Å². The smallest absolute Gasteiger partial charge is 0.330 e. The van der Waals surface area contributed by atoms with Crippen molar-refractivity contribution in [1.82, 2.24) is 0 Å². The second-order valence-electron chi connectivity index (χ2n) is 3.78. The van der Waals surface area contributed by atoms with Crippen molar-refractivity contribution >= 4 is 5.97 Å². The zero-order valence-corrected chi connectivity index (χ0v) is 8.42. The van der Waals surface area contributed by atoms with Gasteiger partial charge in [-0.25, -0.2) is 4.79 Å². The Morgan fingerprint density at radius 1 is 1.69 bits per heavy atom. The van der Waals surface area contributed by atoms with Crippen LogP contribution in [0.15, 0.2) is 11.6 Å². The highest BCUT2D eigenvalue weighted by atomic mass is 16.5. The normalized spacial score (nSPS) is 23.5.